The van der Waals surface area contributed by atoms with E-state index in [0.29, 0.717) is 24.4 Å². The van der Waals surface area contributed by atoms with Crippen molar-refractivity contribution >= 4 is 0 Å². The van der Waals surface area contributed by atoms with Crippen LogP contribution in [0.2, 0.25) is 0 Å². The number of epoxide rings is 2. The van der Waals surface area contributed by atoms with Crippen molar-refractivity contribution in [2.75, 3.05) is 6.61 Å². The van der Waals surface area contributed by atoms with Gasteiger partial charge in [0.2, 0.25) is 0 Å². The molecule has 6 unspecified atom stereocenters. The summed E-state index contributed by atoms with van der Waals surface area (Å²) < 4.78 is 16.2. The van der Waals surface area contributed by atoms with E-state index in [1.54, 1.807) is 6.08 Å². The van der Waals surface area contributed by atoms with Gasteiger partial charge in [-0.3, -0.25) is 0 Å². The van der Waals surface area contributed by atoms with Crippen LogP contribution in [0.4, 0.5) is 0 Å². The minimum absolute atomic E-state index is 0.270. The standard InChI is InChI=1S/C10H16O.C8H12O.C6H10O/c1-7(2)8-4-5-10(3)9(6-8)11-10;1-2-6-3-4-7-8(5-6)9-7;1-2-5-7-6-3-4-6/h8-9H,1,4-6H2,2-3H3;2,6-8H,1,3-5H2;2,6H,1,3-5H2. The van der Waals surface area contributed by atoms with Crippen molar-refractivity contribution in [1.82, 2.24) is 0 Å². The monoisotopic (exact) mass is 374 g/mol. The van der Waals surface area contributed by atoms with Crippen LogP contribution in [-0.2, 0) is 14.2 Å². The van der Waals surface area contributed by atoms with Crippen LogP contribution in [0.25, 0.3) is 0 Å². The zero-order chi connectivity index (χ0) is 19.4. The zero-order valence-corrected chi connectivity index (χ0v) is 17.3. The van der Waals surface area contributed by atoms with Crippen LogP contribution >= 0.6 is 0 Å². The van der Waals surface area contributed by atoms with E-state index >= 15 is 0 Å². The molecule has 2 heterocycles. The maximum Gasteiger partial charge on any atom is 0.0920 e. The van der Waals surface area contributed by atoms with Crippen molar-refractivity contribution in [3.8, 4) is 0 Å². The lowest BCUT2D eigenvalue weighted by atomic mass is 9.80. The van der Waals surface area contributed by atoms with Gasteiger partial charge in [-0.2, -0.15) is 0 Å². The third kappa shape index (κ3) is 6.30. The molecule has 0 radical (unpaired) electrons. The predicted molar refractivity (Wildman–Crippen MR) is 111 cm³/mol. The van der Waals surface area contributed by atoms with Gasteiger partial charge >= 0.3 is 0 Å². The molecule has 27 heavy (non-hydrogen) atoms. The van der Waals surface area contributed by atoms with Crippen LogP contribution in [-0.4, -0.2) is 36.6 Å². The molecule has 0 aromatic carbocycles. The molecule has 5 fully saturated rings. The second kappa shape index (κ2) is 9.07. The summed E-state index contributed by atoms with van der Waals surface area (Å²) in [6.45, 7) is 16.4. The molecular weight excluding hydrogens is 336 g/mol. The number of rotatable bonds is 5. The van der Waals surface area contributed by atoms with Crippen LogP contribution in [0, 0.1) is 11.8 Å². The largest absolute Gasteiger partial charge is 0.374 e. The van der Waals surface area contributed by atoms with Crippen molar-refractivity contribution in [3.63, 3.8) is 0 Å². The van der Waals surface area contributed by atoms with E-state index in [0.717, 1.165) is 18.4 Å². The molecule has 3 aliphatic carbocycles. The Labute approximate surface area is 165 Å². The Bertz CT molecular complexity index is 538. The minimum atomic E-state index is 0.270. The van der Waals surface area contributed by atoms with Crippen LogP contribution in [0.3, 0.4) is 0 Å². The summed E-state index contributed by atoms with van der Waals surface area (Å²) in [4.78, 5) is 0. The molecule has 5 aliphatic rings. The molecule has 0 aromatic heterocycles. The highest BCUT2D eigenvalue weighted by atomic mass is 16.6. The van der Waals surface area contributed by atoms with Crippen LogP contribution < -0.4 is 0 Å². The second-order valence-corrected chi connectivity index (χ2v) is 9.08. The average molecular weight is 375 g/mol. The SMILES string of the molecule is C=C(C)C1CCC2(C)OC2C1.C=CC1CCC2OC2C1.C=CCOC1CC1. The van der Waals surface area contributed by atoms with Gasteiger partial charge in [-0.05, 0) is 77.0 Å². The maximum atomic E-state index is 5.60. The summed E-state index contributed by atoms with van der Waals surface area (Å²) in [6.07, 6.45) is 16.3. The Morgan fingerprint density at radius 1 is 1.11 bits per heavy atom. The smallest absolute Gasteiger partial charge is 0.0920 e. The van der Waals surface area contributed by atoms with Crippen molar-refractivity contribution in [2.45, 2.75) is 95.2 Å². The van der Waals surface area contributed by atoms with E-state index in [2.05, 4.69) is 39.7 Å². The first-order chi connectivity index (χ1) is 12.9. The Balaban J connectivity index is 0.000000120. The fourth-order valence-corrected chi connectivity index (χ4v) is 4.18. The van der Waals surface area contributed by atoms with Crippen LogP contribution in [0.1, 0.15) is 65.2 Å². The molecule has 0 N–H and O–H groups in total. The summed E-state index contributed by atoms with van der Waals surface area (Å²) in [6, 6.07) is 0. The highest BCUT2D eigenvalue weighted by molar-refractivity contribution is 5.10. The average Bonchev–Trinajstić information content (AvgIpc) is 3.52. The van der Waals surface area contributed by atoms with Crippen molar-refractivity contribution < 1.29 is 14.2 Å². The van der Waals surface area contributed by atoms with Crippen LogP contribution in [0.15, 0.2) is 37.5 Å². The molecule has 3 nitrogen and oxygen atoms in total. The second-order valence-electron chi connectivity index (χ2n) is 9.08. The molecule has 0 aromatic rings. The van der Waals surface area contributed by atoms with Gasteiger partial charge in [-0.1, -0.05) is 24.3 Å². The lowest BCUT2D eigenvalue weighted by molar-refractivity contribution is 0.147. The highest BCUT2D eigenvalue weighted by Crippen LogP contribution is 2.50. The molecule has 0 bridgehead atoms. The van der Waals surface area contributed by atoms with Gasteiger partial charge in [0, 0.05) is 0 Å². The normalized spacial score (nSPS) is 40.6. The molecule has 2 aliphatic heterocycles. The fraction of sp³-hybridized carbons (Fsp3) is 0.750. The van der Waals surface area contributed by atoms with E-state index < -0.39 is 0 Å². The van der Waals surface area contributed by atoms with Gasteiger partial charge in [0.05, 0.1) is 36.6 Å². The third-order valence-electron chi connectivity index (χ3n) is 6.57. The minimum Gasteiger partial charge on any atom is -0.374 e. The summed E-state index contributed by atoms with van der Waals surface area (Å²) in [5, 5.41) is 0. The number of hydrogen-bond acceptors (Lipinski definition) is 3. The van der Waals surface area contributed by atoms with E-state index in [9.17, 15) is 0 Å². The fourth-order valence-electron chi connectivity index (χ4n) is 4.18. The molecule has 3 saturated carbocycles. The topological polar surface area (TPSA) is 34.3 Å². The van der Waals surface area contributed by atoms with E-state index in [-0.39, 0.29) is 5.60 Å². The molecular formula is C24H38O3. The highest BCUT2D eigenvalue weighted by Gasteiger charge is 2.55. The van der Waals surface area contributed by atoms with E-state index in [4.69, 9.17) is 14.2 Å². The van der Waals surface area contributed by atoms with Gasteiger partial charge < -0.3 is 14.2 Å². The van der Waals surface area contributed by atoms with Gasteiger partial charge in [-0.15, -0.1) is 13.2 Å². The molecule has 0 spiro atoms. The zero-order valence-electron chi connectivity index (χ0n) is 17.3. The molecule has 152 valence electrons. The van der Waals surface area contributed by atoms with Gasteiger partial charge in [0.1, 0.15) is 0 Å². The lowest BCUT2D eigenvalue weighted by Crippen LogP contribution is -2.21. The van der Waals surface area contributed by atoms with E-state index in [1.807, 2.05) is 0 Å². The van der Waals surface area contributed by atoms with Crippen LogP contribution in [0.5, 0.6) is 0 Å². The number of ether oxygens (including phenoxy) is 3. The maximum absolute atomic E-state index is 5.60. The Kier molecular flexibility index (Phi) is 6.99. The number of allylic oxidation sites excluding steroid dienone is 2. The number of hydrogen-bond donors (Lipinski definition) is 0. The summed E-state index contributed by atoms with van der Waals surface area (Å²) in [7, 11) is 0. The van der Waals surface area contributed by atoms with Gasteiger partial charge in [-0.25, -0.2) is 0 Å². The van der Waals surface area contributed by atoms with Crippen molar-refractivity contribution in [3.05, 3.63) is 37.5 Å². The first kappa shape index (κ1) is 20.8. The molecule has 6 atom stereocenters. The van der Waals surface area contributed by atoms with Crippen molar-refractivity contribution in [1.29, 1.82) is 0 Å². The quantitative estimate of drug-likeness (QED) is 0.463. The summed E-state index contributed by atoms with van der Waals surface area (Å²) >= 11 is 0. The molecule has 0 amide bonds. The molecule has 2 saturated heterocycles. The lowest BCUT2D eigenvalue weighted by Gasteiger charge is -2.22. The third-order valence-corrected chi connectivity index (χ3v) is 6.57. The van der Waals surface area contributed by atoms with Gasteiger partial charge in [0.25, 0.3) is 0 Å². The molecule has 5 rings (SSSR count). The first-order valence-corrected chi connectivity index (χ1v) is 10.8. The van der Waals surface area contributed by atoms with Gasteiger partial charge in [0.15, 0.2) is 0 Å². The van der Waals surface area contributed by atoms with Crippen molar-refractivity contribution in [2.24, 2.45) is 11.8 Å². The Morgan fingerprint density at radius 3 is 2.44 bits per heavy atom. The summed E-state index contributed by atoms with van der Waals surface area (Å²) in [5.74, 6) is 1.48. The summed E-state index contributed by atoms with van der Waals surface area (Å²) in [5.41, 5.74) is 1.61. The molecule has 3 heteroatoms. The van der Waals surface area contributed by atoms with E-state index in [1.165, 1.54) is 56.9 Å². The Hall–Kier alpha value is -0.900. The predicted octanol–water partition coefficient (Wildman–Crippen LogP) is 5.61. The number of fused-ring (bicyclic) bond motifs is 2. The first-order valence-electron chi connectivity index (χ1n) is 10.8. The Morgan fingerprint density at radius 2 is 1.89 bits per heavy atom.